The summed E-state index contributed by atoms with van der Waals surface area (Å²) in [6.45, 7) is 0.117. The van der Waals surface area contributed by atoms with Crippen molar-refractivity contribution in [3.63, 3.8) is 0 Å². The summed E-state index contributed by atoms with van der Waals surface area (Å²) in [5, 5.41) is 20.0. The molecular weight excluding hydrogens is 328 g/mol. The van der Waals surface area contributed by atoms with Crippen LogP contribution in [0.4, 0.5) is 0 Å². The summed E-state index contributed by atoms with van der Waals surface area (Å²) in [6.07, 6.45) is -1.22. The van der Waals surface area contributed by atoms with Crippen LogP contribution in [0, 0.1) is 0 Å². The minimum absolute atomic E-state index is 0.00469. The smallest absolute Gasteiger partial charge is 0.315 e. The molecule has 0 aliphatic heterocycles. The summed E-state index contributed by atoms with van der Waals surface area (Å²) in [4.78, 5) is 11.2. The molecular formula is C18H20O5S. The monoisotopic (exact) mass is 348 g/mol. The molecule has 2 rings (SSSR count). The van der Waals surface area contributed by atoms with Crippen molar-refractivity contribution in [2.75, 3.05) is 12.4 Å². The zero-order valence-electron chi connectivity index (χ0n) is 13.0. The largest absolute Gasteiger partial charge is 0.508 e. The molecule has 0 radical (unpaired) electrons. The van der Waals surface area contributed by atoms with Gasteiger partial charge in [0.05, 0.1) is 12.4 Å². The Morgan fingerprint density at radius 1 is 1.08 bits per heavy atom. The van der Waals surface area contributed by atoms with Crippen LogP contribution in [0.15, 0.2) is 54.6 Å². The molecule has 2 N–H and O–H groups in total. The highest BCUT2D eigenvalue weighted by atomic mass is 32.1. The highest BCUT2D eigenvalue weighted by Gasteiger charge is 2.23. The van der Waals surface area contributed by atoms with Crippen LogP contribution >= 0.6 is 12.6 Å². The molecule has 2 aromatic rings. The minimum Gasteiger partial charge on any atom is -0.508 e. The maximum Gasteiger partial charge on any atom is 0.315 e. The lowest BCUT2D eigenvalue weighted by Gasteiger charge is -2.24. The molecule has 0 heterocycles. The maximum absolute atomic E-state index is 11.2. The van der Waals surface area contributed by atoms with Gasteiger partial charge in [0.1, 0.15) is 23.7 Å². The van der Waals surface area contributed by atoms with Crippen LogP contribution in [0.25, 0.3) is 0 Å². The van der Waals surface area contributed by atoms with E-state index in [1.807, 2.05) is 18.2 Å². The first kappa shape index (κ1) is 18.2. The molecule has 0 fully saturated rings. The Morgan fingerprint density at radius 2 is 1.75 bits per heavy atom. The lowest BCUT2D eigenvalue weighted by atomic mass is 10.0. The van der Waals surface area contributed by atoms with Crippen LogP contribution in [0.1, 0.15) is 18.1 Å². The van der Waals surface area contributed by atoms with E-state index in [2.05, 4.69) is 12.6 Å². The van der Waals surface area contributed by atoms with Crippen LogP contribution in [0.2, 0.25) is 0 Å². The van der Waals surface area contributed by atoms with Gasteiger partial charge in [0.25, 0.3) is 0 Å². The fourth-order valence-corrected chi connectivity index (χ4v) is 2.27. The summed E-state index contributed by atoms with van der Waals surface area (Å²) in [5.41, 5.74) is 0.606. The third kappa shape index (κ3) is 5.47. The predicted octanol–water partition coefficient (Wildman–Crippen LogP) is 2.74. The van der Waals surface area contributed by atoms with Crippen molar-refractivity contribution in [3.05, 3.63) is 60.2 Å². The number of benzene rings is 2. The second-order valence-corrected chi connectivity index (χ2v) is 5.49. The molecule has 24 heavy (non-hydrogen) atoms. The number of esters is 1. The molecule has 0 aliphatic carbocycles. The van der Waals surface area contributed by atoms with Crippen LogP contribution in [-0.4, -0.2) is 34.6 Å². The Balaban J connectivity index is 2.08. The molecule has 2 atom stereocenters. The predicted molar refractivity (Wildman–Crippen MR) is 93.4 cm³/mol. The first-order valence-electron chi connectivity index (χ1n) is 7.55. The number of aliphatic hydroxyl groups is 1. The number of carbonyl (C=O) groups is 1. The number of thiol groups is 1. The van der Waals surface area contributed by atoms with E-state index in [-0.39, 0.29) is 18.1 Å². The average molecular weight is 348 g/mol. The molecule has 0 aromatic heterocycles. The zero-order valence-corrected chi connectivity index (χ0v) is 13.9. The highest BCUT2D eigenvalue weighted by molar-refractivity contribution is 7.81. The van der Waals surface area contributed by atoms with Gasteiger partial charge < -0.3 is 19.7 Å². The van der Waals surface area contributed by atoms with E-state index in [0.29, 0.717) is 17.7 Å². The Labute approximate surface area is 146 Å². The summed E-state index contributed by atoms with van der Waals surface area (Å²) >= 11 is 3.85. The third-order valence-corrected chi connectivity index (χ3v) is 3.67. The van der Waals surface area contributed by atoms with Crippen molar-refractivity contribution in [1.29, 1.82) is 0 Å². The molecule has 0 aliphatic rings. The second kappa shape index (κ2) is 9.20. The number of rotatable bonds is 8. The van der Waals surface area contributed by atoms with Gasteiger partial charge in [-0.05, 0) is 29.8 Å². The first-order valence-corrected chi connectivity index (χ1v) is 8.18. The Morgan fingerprint density at radius 3 is 2.38 bits per heavy atom. The molecule has 0 unspecified atom stereocenters. The van der Waals surface area contributed by atoms with Crippen LogP contribution in [0.5, 0.6) is 11.5 Å². The number of aliphatic hydroxyl groups excluding tert-OH is 1. The normalized spacial score (nSPS) is 13.1. The number of para-hydroxylation sites is 1. The Bertz CT molecular complexity index is 630. The second-order valence-electron chi connectivity index (χ2n) is 5.17. The van der Waals surface area contributed by atoms with E-state index in [4.69, 9.17) is 9.47 Å². The molecule has 5 nitrogen and oxygen atoms in total. The number of phenolic OH excluding ortho intramolecular Hbond substituents is 1. The number of hydrogen-bond acceptors (Lipinski definition) is 6. The Hall–Kier alpha value is -2.18. The lowest BCUT2D eigenvalue weighted by molar-refractivity contribution is -0.141. The summed E-state index contributed by atoms with van der Waals surface area (Å²) < 4.78 is 10.9. The van der Waals surface area contributed by atoms with Gasteiger partial charge in [0, 0.05) is 6.42 Å². The molecule has 0 saturated heterocycles. The highest BCUT2D eigenvalue weighted by Crippen LogP contribution is 2.25. The summed E-state index contributed by atoms with van der Waals surface area (Å²) in [6, 6.07) is 15.4. The maximum atomic E-state index is 11.2. The number of hydrogen-bond donors (Lipinski definition) is 3. The topological polar surface area (TPSA) is 76.0 Å². The molecule has 0 spiro atoms. The molecule has 0 amide bonds. The van der Waals surface area contributed by atoms with Gasteiger partial charge >= 0.3 is 5.97 Å². The molecule has 0 saturated carbocycles. The number of carbonyl (C=O) groups excluding carboxylic acids is 1. The van der Waals surface area contributed by atoms with Gasteiger partial charge in [-0.2, -0.15) is 12.6 Å². The fraction of sp³-hybridized carbons (Fsp3) is 0.278. The van der Waals surface area contributed by atoms with Gasteiger partial charge in [0.2, 0.25) is 0 Å². The first-order chi connectivity index (χ1) is 11.6. The summed E-state index contributed by atoms with van der Waals surface area (Å²) in [5.74, 6) is 0.316. The molecule has 2 aromatic carbocycles. The average Bonchev–Trinajstić information content (AvgIpc) is 2.61. The Kier molecular flexibility index (Phi) is 6.96. The quantitative estimate of drug-likeness (QED) is 0.505. The van der Waals surface area contributed by atoms with Crippen molar-refractivity contribution >= 4 is 18.6 Å². The van der Waals surface area contributed by atoms with Gasteiger partial charge in [-0.25, -0.2) is 0 Å². The number of ether oxygens (including phenoxy) is 2. The van der Waals surface area contributed by atoms with Crippen LogP contribution in [-0.2, 0) is 9.53 Å². The fourth-order valence-electron chi connectivity index (χ4n) is 2.18. The summed E-state index contributed by atoms with van der Waals surface area (Å²) in [7, 11) is 0. The van der Waals surface area contributed by atoms with E-state index in [1.165, 1.54) is 12.1 Å². The van der Waals surface area contributed by atoms with Crippen molar-refractivity contribution < 1.29 is 24.5 Å². The SMILES string of the molecule is O=C(CS)OCC[C@H](Oc1ccccc1)[C@@H](O)c1ccc(O)cc1. The number of phenols is 1. The minimum atomic E-state index is -0.930. The standard InChI is InChI=1S/C18H20O5S/c19-14-8-6-13(7-9-14)18(21)16(10-11-22-17(20)12-24)23-15-4-2-1-3-5-15/h1-9,16,18-19,21,24H,10-12H2/t16-,18-/m0/s1. The lowest BCUT2D eigenvalue weighted by Crippen LogP contribution is -2.27. The molecule has 0 bridgehead atoms. The molecule has 128 valence electrons. The van der Waals surface area contributed by atoms with Gasteiger partial charge in [0.15, 0.2) is 0 Å². The molecule has 6 heteroatoms. The van der Waals surface area contributed by atoms with Crippen LogP contribution in [0.3, 0.4) is 0 Å². The van der Waals surface area contributed by atoms with Gasteiger partial charge in [-0.3, -0.25) is 4.79 Å². The van der Waals surface area contributed by atoms with Crippen molar-refractivity contribution in [3.8, 4) is 11.5 Å². The van der Waals surface area contributed by atoms with Gasteiger partial charge in [-0.15, -0.1) is 0 Å². The van der Waals surface area contributed by atoms with E-state index >= 15 is 0 Å². The van der Waals surface area contributed by atoms with Crippen LogP contribution < -0.4 is 4.74 Å². The third-order valence-electron chi connectivity index (χ3n) is 3.41. The van der Waals surface area contributed by atoms with Crippen molar-refractivity contribution in [2.45, 2.75) is 18.6 Å². The van der Waals surface area contributed by atoms with E-state index in [0.717, 1.165) is 0 Å². The van der Waals surface area contributed by atoms with Crippen molar-refractivity contribution in [2.24, 2.45) is 0 Å². The van der Waals surface area contributed by atoms with E-state index < -0.39 is 18.2 Å². The zero-order chi connectivity index (χ0) is 17.4. The van der Waals surface area contributed by atoms with E-state index in [1.54, 1.807) is 24.3 Å². The van der Waals surface area contributed by atoms with Gasteiger partial charge in [-0.1, -0.05) is 30.3 Å². The van der Waals surface area contributed by atoms with Crippen molar-refractivity contribution in [1.82, 2.24) is 0 Å². The number of aromatic hydroxyl groups is 1. The van der Waals surface area contributed by atoms with E-state index in [9.17, 15) is 15.0 Å².